The Labute approximate surface area is 163 Å². The van der Waals surface area contributed by atoms with E-state index >= 15 is 0 Å². The number of piperidine rings is 1. The van der Waals surface area contributed by atoms with E-state index in [1.54, 1.807) is 0 Å². The van der Waals surface area contributed by atoms with Gasteiger partial charge < -0.3 is 10.0 Å². The second-order valence-electron chi connectivity index (χ2n) is 8.52. The van der Waals surface area contributed by atoms with Gasteiger partial charge in [-0.1, -0.05) is 66.8 Å². The summed E-state index contributed by atoms with van der Waals surface area (Å²) >= 11 is 0. The SMILES string of the molecule is OCC1CN(Cc2ccccc2)CC12CCN(CC1C=CC=CC=C1)CC2. The molecule has 2 aliphatic heterocycles. The highest BCUT2D eigenvalue weighted by molar-refractivity contribution is 5.20. The number of allylic oxidation sites excluding steroid dienone is 4. The average Bonchev–Trinajstić information content (AvgIpc) is 2.85. The topological polar surface area (TPSA) is 26.7 Å². The van der Waals surface area contributed by atoms with Gasteiger partial charge in [-0.3, -0.25) is 4.90 Å². The number of hydrogen-bond acceptors (Lipinski definition) is 3. The fraction of sp³-hybridized carbons (Fsp3) is 0.500. The maximum absolute atomic E-state index is 10.1. The van der Waals surface area contributed by atoms with E-state index in [2.05, 4.69) is 76.6 Å². The molecule has 1 aromatic rings. The summed E-state index contributed by atoms with van der Waals surface area (Å²) in [5.74, 6) is 0.936. The Morgan fingerprint density at radius 2 is 1.63 bits per heavy atom. The van der Waals surface area contributed by atoms with Crippen LogP contribution in [0.2, 0.25) is 0 Å². The molecule has 27 heavy (non-hydrogen) atoms. The van der Waals surface area contributed by atoms with Crippen LogP contribution in [-0.2, 0) is 6.54 Å². The molecule has 0 aromatic heterocycles. The molecule has 0 saturated carbocycles. The number of rotatable bonds is 5. The van der Waals surface area contributed by atoms with Crippen LogP contribution in [0.15, 0.2) is 66.8 Å². The van der Waals surface area contributed by atoms with Crippen molar-refractivity contribution in [2.75, 3.05) is 39.3 Å². The molecular weight excluding hydrogens is 332 g/mol. The lowest BCUT2D eigenvalue weighted by atomic mass is 9.71. The van der Waals surface area contributed by atoms with Gasteiger partial charge in [0, 0.05) is 44.6 Å². The molecule has 1 atom stereocenters. The summed E-state index contributed by atoms with van der Waals surface area (Å²) in [5.41, 5.74) is 1.68. The number of nitrogens with zero attached hydrogens (tertiary/aromatic N) is 2. The molecule has 0 radical (unpaired) electrons. The van der Waals surface area contributed by atoms with Crippen LogP contribution in [0.25, 0.3) is 0 Å². The van der Waals surface area contributed by atoms with Crippen molar-refractivity contribution in [2.24, 2.45) is 17.3 Å². The smallest absolute Gasteiger partial charge is 0.0477 e. The first-order valence-corrected chi connectivity index (χ1v) is 10.4. The molecule has 144 valence electrons. The Morgan fingerprint density at radius 1 is 0.926 bits per heavy atom. The van der Waals surface area contributed by atoms with Gasteiger partial charge in [0.25, 0.3) is 0 Å². The molecule has 2 saturated heterocycles. The minimum Gasteiger partial charge on any atom is -0.396 e. The van der Waals surface area contributed by atoms with E-state index in [0.717, 1.165) is 39.3 Å². The molecule has 2 heterocycles. The van der Waals surface area contributed by atoms with E-state index in [9.17, 15) is 5.11 Å². The highest BCUT2D eigenvalue weighted by Gasteiger charge is 2.47. The summed E-state index contributed by atoms with van der Waals surface area (Å²) < 4.78 is 0. The van der Waals surface area contributed by atoms with E-state index in [1.807, 2.05) is 0 Å². The summed E-state index contributed by atoms with van der Waals surface area (Å²) in [6.07, 6.45) is 15.6. The minimum atomic E-state index is 0.302. The van der Waals surface area contributed by atoms with E-state index in [0.29, 0.717) is 23.9 Å². The third-order valence-corrected chi connectivity index (χ3v) is 6.72. The van der Waals surface area contributed by atoms with Crippen LogP contribution in [0, 0.1) is 17.3 Å². The van der Waals surface area contributed by atoms with Gasteiger partial charge in [0.05, 0.1) is 0 Å². The fourth-order valence-electron chi connectivity index (χ4n) is 5.13. The van der Waals surface area contributed by atoms with Crippen molar-refractivity contribution in [3.63, 3.8) is 0 Å². The molecule has 0 bridgehead atoms. The summed E-state index contributed by atoms with van der Waals surface area (Å²) in [5, 5.41) is 10.1. The molecule has 1 spiro atoms. The van der Waals surface area contributed by atoms with Crippen molar-refractivity contribution >= 4 is 0 Å². The van der Waals surface area contributed by atoms with E-state index in [1.165, 1.54) is 18.4 Å². The summed E-state index contributed by atoms with van der Waals surface area (Å²) in [4.78, 5) is 5.18. The first-order valence-electron chi connectivity index (χ1n) is 10.4. The Hall–Kier alpha value is -1.68. The normalized spacial score (nSPS) is 26.0. The average molecular weight is 365 g/mol. The standard InChI is InChI=1S/C24H32N2O/c27-19-23-18-26(17-22-10-6-3-7-11-22)20-24(23)12-14-25(15-13-24)16-21-8-4-1-2-5-9-21/h1-11,21,23,27H,12-20H2. The van der Waals surface area contributed by atoms with Crippen LogP contribution in [0.3, 0.4) is 0 Å². The number of likely N-dealkylation sites (tertiary alicyclic amines) is 2. The Bertz CT molecular complexity index is 670. The first-order chi connectivity index (χ1) is 13.3. The Balaban J connectivity index is 1.34. The molecule has 0 amide bonds. The molecular formula is C24H32N2O. The number of aliphatic hydroxyl groups is 1. The zero-order valence-electron chi connectivity index (χ0n) is 16.2. The number of hydrogen-bond donors (Lipinski definition) is 1. The highest BCUT2D eigenvalue weighted by atomic mass is 16.3. The van der Waals surface area contributed by atoms with Crippen LogP contribution in [-0.4, -0.2) is 54.2 Å². The van der Waals surface area contributed by atoms with Crippen LogP contribution in [0.4, 0.5) is 0 Å². The summed E-state index contributed by atoms with van der Waals surface area (Å²) in [7, 11) is 0. The summed E-state index contributed by atoms with van der Waals surface area (Å²) in [6.45, 7) is 6.92. The van der Waals surface area contributed by atoms with Crippen LogP contribution < -0.4 is 0 Å². The Morgan fingerprint density at radius 3 is 2.30 bits per heavy atom. The van der Waals surface area contributed by atoms with Gasteiger partial charge in [-0.15, -0.1) is 0 Å². The molecule has 1 aromatic carbocycles. The maximum atomic E-state index is 10.1. The summed E-state index contributed by atoms with van der Waals surface area (Å²) in [6, 6.07) is 10.7. The van der Waals surface area contributed by atoms with Gasteiger partial charge in [0.2, 0.25) is 0 Å². The van der Waals surface area contributed by atoms with Gasteiger partial charge in [0.15, 0.2) is 0 Å². The van der Waals surface area contributed by atoms with E-state index < -0.39 is 0 Å². The molecule has 1 aliphatic carbocycles. The molecule has 2 fully saturated rings. The van der Waals surface area contributed by atoms with Gasteiger partial charge in [-0.25, -0.2) is 0 Å². The lowest BCUT2D eigenvalue weighted by Gasteiger charge is -2.43. The zero-order chi connectivity index (χ0) is 18.5. The zero-order valence-corrected chi connectivity index (χ0v) is 16.2. The number of aliphatic hydroxyl groups excluding tert-OH is 1. The Kier molecular flexibility index (Phi) is 5.92. The van der Waals surface area contributed by atoms with Crippen molar-refractivity contribution in [3.05, 3.63) is 72.4 Å². The van der Waals surface area contributed by atoms with Crippen molar-refractivity contribution in [1.82, 2.24) is 9.80 Å². The first kappa shape index (κ1) is 18.7. The molecule has 3 nitrogen and oxygen atoms in total. The van der Waals surface area contributed by atoms with Crippen molar-refractivity contribution < 1.29 is 5.11 Å². The van der Waals surface area contributed by atoms with Gasteiger partial charge in [-0.2, -0.15) is 0 Å². The van der Waals surface area contributed by atoms with Gasteiger partial charge in [0.1, 0.15) is 0 Å². The molecule has 4 rings (SSSR count). The number of benzene rings is 1. The molecule has 1 N–H and O–H groups in total. The van der Waals surface area contributed by atoms with Crippen LogP contribution in [0.1, 0.15) is 18.4 Å². The monoisotopic (exact) mass is 364 g/mol. The van der Waals surface area contributed by atoms with Crippen LogP contribution in [0.5, 0.6) is 0 Å². The second kappa shape index (κ2) is 8.55. The third kappa shape index (κ3) is 4.43. The predicted octanol–water partition coefficient (Wildman–Crippen LogP) is 3.49. The van der Waals surface area contributed by atoms with E-state index in [4.69, 9.17) is 0 Å². The molecule has 3 heteroatoms. The molecule has 1 unspecified atom stereocenters. The lowest BCUT2D eigenvalue weighted by molar-refractivity contribution is 0.0492. The second-order valence-corrected chi connectivity index (χ2v) is 8.52. The van der Waals surface area contributed by atoms with Crippen molar-refractivity contribution in [3.8, 4) is 0 Å². The van der Waals surface area contributed by atoms with Crippen molar-refractivity contribution in [1.29, 1.82) is 0 Å². The lowest BCUT2D eigenvalue weighted by Crippen LogP contribution is -2.46. The van der Waals surface area contributed by atoms with Gasteiger partial charge in [-0.05, 0) is 36.9 Å². The minimum absolute atomic E-state index is 0.302. The quantitative estimate of drug-likeness (QED) is 0.866. The van der Waals surface area contributed by atoms with Gasteiger partial charge >= 0.3 is 0 Å². The van der Waals surface area contributed by atoms with E-state index in [-0.39, 0.29) is 0 Å². The third-order valence-electron chi connectivity index (χ3n) is 6.72. The maximum Gasteiger partial charge on any atom is 0.0477 e. The predicted molar refractivity (Wildman–Crippen MR) is 111 cm³/mol. The van der Waals surface area contributed by atoms with Crippen LogP contribution >= 0.6 is 0 Å². The fourth-order valence-corrected chi connectivity index (χ4v) is 5.13. The van der Waals surface area contributed by atoms with Crippen molar-refractivity contribution in [2.45, 2.75) is 19.4 Å². The highest BCUT2D eigenvalue weighted by Crippen LogP contribution is 2.45. The molecule has 3 aliphatic rings. The largest absolute Gasteiger partial charge is 0.396 e.